The summed E-state index contributed by atoms with van der Waals surface area (Å²) < 4.78 is 0. The summed E-state index contributed by atoms with van der Waals surface area (Å²) in [4.78, 5) is 3.45. The second-order valence-corrected chi connectivity index (χ2v) is 4.82. The predicted molar refractivity (Wildman–Crippen MR) is 74.1 cm³/mol. The van der Waals surface area contributed by atoms with Gasteiger partial charge in [-0.3, -0.25) is 0 Å². The average molecular weight is 230 g/mol. The zero-order chi connectivity index (χ0) is 12.1. The van der Waals surface area contributed by atoms with Gasteiger partial charge in [-0.15, -0.1) is 0 Å². The Morgan fingerprint density at radius 1 is 1.24 bits per heavy atom. The van der Waals surface area contributed by atoms with Crippen LogP contribution in [0.15, 0.2) is 30.3 Å². The second kappa shape index (κ2) is 5.87. The zero-order valence-electron chi connectivity index (χ0n) is 10.6. The maximum Gasteiger partial charge on any atom is 0.0456 e. The Kier molecular flexibility index (Phi) is 4.21. The van der Waals surface area contributed by atoms with Crippen LogP contribution < -0.4 is 5.73 Å². The first kappa shape index (κ1) is 12.2. The van der Waals surface area contributed by atoms with Crippen molar-refractivity contribution in [2.75, 3.05) is 0 Å². The van der Waals surface area contributed by atoms with Gasteiger partial charge in [0.15, 0.2) is 0 Å². The third-order valence-electron chi connectivity index (χ3n) is 3.30. The summed E-state index contributed by atoms with van der Waals surface area (Å²) in [5.41, 5.74) is 8.62. The summed E-state index contributed by atoms with van der Waals surface area (Å²) in [5.74, 6) is 0. The number of nitrogens with two attached hydrogens (primary N) is 1. The standard InChI is InChI=1S/C15H22N2/c1-2-3-7-13(16)9-10-14-11-12-6-4-5-8-15(12)17-14/h4-6,8,11,13,17H,2-3,7,9-10,16H2,1H3. The third-order valence-corrected chi connectivity index (χ3v) is 3.30. The molecule has 2 rings (SSSR count). The highest BCUT2D eigenvalue weighted by molar-refractivity contribution is 5.80. The van der Waals surface area contributed by atoms with Crippen molar-refractivity contribution in [1.82, 2.24) is 4.98 Å². The lowest BCUT2D eigenvalue weighted by molar-refractivity contribution is 0.539. The Morgan fingerprint density at radius 2 is 2.06 bits per heavy atom. The van der Waals surface area contributed by atoms with Crippen molar-refractivity contribution < 1.29 is 0 Å². The SMILES string of the molecule is CCCCC(N)CCc1cc2ccccc2[nH]1. The lowest BCUT2D eigenvalue weighted by Gasteiger charge is -2.09. The number of unbranched alkanes of at least 4 members (excludes halogenated alkanes) is 1. The molecular formula is C15H22N2. The maximum atomic E-state index is 6.09. The van der Waals surface area contributed by atoms with Crippen LogP contribution in [-0.4, -0.2) is 11.0 Å². The predicted octanol–water partition coefficient (Wildman–Crippen LogP) is 3.62. The van der Waals surface area contributed by atoms with E-state index in [0.29, 0.717) is 6.04 Å². The molecule has 0 spiro atoms. The molecule has 2 nitrogen and oxygen atoms in total. The zero-order valence-corrected chi connectivity index (χ0v) is 10.6. The first-order valence-corrected chi connectivity index (χ1v) is 6.62. The molecule has 1 atom stereocenters. The molecule has 0 amide bonds. The highest BCUT2D eigenvalue weighted by atomic mass is 14.7. The first-order valence-electron chi connectivity index (χ1n) is 6.62. The van der Waals surface area contributed by atoms with Crippen LogP contribution in [0.3, 0.4) is 0 Å². The fraction of sp³-hybridized carbons (Fsp3) is 0.467. The number of aromatic nitrogens is 1. The van der Waals surface area contributed by atoms with Crippen LogP contribution in [0.2, 0.25) is 0 Å². The van der Waals surface area contributed by atoms with Crippen LogP contribution in [0.5, 0.6) is 0 Å². The van der Waals surface area contributed by atoms with Gasteiger partial charge in [-0.2, -0.15) is 0 Å². The van der Waals surface area contributed by atoms with E-state index in [-0.39, 0.29) is 0 Å². The Labute approximate surface area is 103 Å². The summed E-state index contributed by atoms with van der Waals surface area (Å²) in [5, 5.41) is 1.30. The molecule has 17 heavy (non-hydrogen) atoms. The molecule has 2 aromatic rings. The van der Waals surface area contributed by atoms with Gasteiger partial charge in [0.1, 0.15) is 0 Å². The molecule has 0 radical (unpaired) electrons. The fourth-order valence-corrected chi connectivity index (χ4v) is 2.22. The third kappa shape index (κ3) is 3.34. The van der Waals surface area contributed by atoms with Crippen molar-refractivity contribution >= 4 is 10.9 Å². The van der Waals surface area contributed by atoms with Crippen molar-refractivity contribution in [1.29, 1.82) is 0 Å². The molecule has 0 bridgehead atoms. The quantitative estimate of drug-likeness (QED) is 0.782. The van der Waals surface area contributed by atoms with Crippen LogP contribution in [-0.2, 0) is 6.42 Å². The van der Waals surface area contributed by atoms with Gasteiger partial charge in [-0.05, 0) is 36.8 Å². The van der Waals surface area contributed by atoms with Gasteiger partial charge in [-0.1, -0.05) is 38.0 Å². The first-order chi connectivity index (χ1) is 8.29. The van der Waals surface area contributed by atoms with E-state index in [4.69, 9.17) is 5.73 Å². The largest absolute Gasteiger partial charge is 0.358 e. The summed E-state index contributed by atoms with van der Waals surface area (Å²) in [6.45, 7) is 2.21. The van der Waals surface area contributed by atoms with Gasteiger partial charge in [0.25, 0.3) is 0 Å². The molecule has 92 valence electrons. The molecule has 1 unspecified atom stereocenters. The number of benzene rings is 1. The minimum atomic E-state index is 0.348. The van der Waals surface area contributed by atoms with Crippen LogP contribution in [0.1, 0.15) is 38.3 Å². The Balaban J connectivity index is 1.90. The summed E-state index contributed by atoms with van der Waals surface area (Å²) in [7, 11) is 0. The lowest BCUT2D eigenvalue weighted by Crippen LogP contribution is -2.20. The monoisotopic (exact) mass is 230 g/mol. The Hall–Kier alpha value is -1.28. The Bertz CT molecular complexity index is 426. The molecule has 0 aliphatic heterocycles. The van der Waals surface area contributed by atoms with E-state index in [9.17, 15) is 0 Å². The van der Waals surface area contributed by atoms with E-state index in [1.807, 2.05) is 0 Å². The van der Waals surface area contributed by atoms with Gasteiger partial charge in [0, 0.05) is 17.3 Å². The van der Waals surface area contributed by atoms with E-state index < -0.39 is 0 Å². The van der Waals surface area contributed by atoms with E-state index in [0.717, 1.165) is 19.3 Å². The van der Waals surface area contributed by atoms with E-state index in [1.165, 1.54) is 29.4 Å². The van der Waals surface area contributed by atoms with Crippen LogP contribution in [0.4, 0.5) is 0 Å². The maximum absolute atomic E-state index is 6.09. The van der Waals surface area contributed by atoms with Gasteiger partial charge in [0.05, 0.1) is 0 Å². The van der Waals surface area contributed by atoms with Gasteiger partial charge in [0.2, 0.25) is 0 Å². The van der Waals surface area contributed by atoms with Crippen molar-refractivity contribution in [3.63, 3.8) is 0 Å². The second-order valence-electron chi connectivity index (χ2n) is 4.82. The molecule has 1 heterocycles. The number of fused-ring (bicyclic) bond motifs is 1. The molecular weight excluding hydrogens is 208 g/mol. The normalized spacial score (nSPS) is 13.1. The molecule has 1 aromatic heterocycles. The molecule has 0 saturated carbocycles. The number of aromatic amines is 1. The highest BCUT2D eigenvalue weighted by Gasteiger charge is 2.04. The molecule has 2 heteroatoms. The Morgan fingerprint density at radius 3 is 2.82 bits per heavy atom. The van der Waals surface area contributed by atoms with Crippen molar-refractivity contribution in [2.24, 2.45) is 5.73 Å². The number of para-hydroxylation sites is 1. The van der Waals surface area contributed by atoms with E-state index in [2.05, 4.69) is 42.2 Å². The van der Waals surface area contributed by atoms with Crippen LogP contribution in [0, 0.1) is 0 Å². The fourth-order valence-electron chi connectivity index (χ4n) is 2.22. The topological polar surface area (TPSA) is 41.8 Å². The van der Waals surface area contributed by atoms with Crippen molar-refractivity contribution in [3.8, 4) is 0 Å². The van der Waals surface area contributed by atoms with E-state index in [1.54, 1.807) is 0 Å². The summed E-state index contributed by atoms with van der Waals surface area (Å²) in [6.07, 6.45) is 5.76. The number of rotatable bonds is 6. The minimum Gasteiger partial charge on any atom is -0.358 e. The lowest BCUT2D eigenvalue weighted by atomic mass is 10.0. The highest BCUT2D eigenvalue weighted by Crippen LogP contribution is 2.16. The summed E-state index contributed by atoms with van der Waals surface area (Å²) >= 11 is 0. The van der Waals surface area contributed by atoms with Gasteiger partial charge in [-0.25, -0.2) is 0 Å². The smallest absolute Gasteiger partial charge is 0.0456 e. The number of hydrogen-bond donors (Lipinski definition) is 2. The van der Waals surface area contributed by atoms with Crippen LogP contribution in [0.25, 0.3) is 10.9 Å². The van der Waals surface area contributed by atoms with E-state index >= 15 is 0 Å². The molecule has 0 fully saturated rings. The number of H-pyrrole nitrogens is 1. The minimum absolute atomic E-state index is 0.348. The number of aryl methyl sites for hydroxylation is 1. The molecule has 3 N–H and O–H groups in total. The summed E-state index contributed by atoms with van der Waals surface area (Å²) in [6, 6.07) is 11.0. The molecule has 1 aromatic carbocycles. The number of nitrogens with one attached hydrogen (secondary N) is 1. The molecule has 0 saturated heterocycles. The van der Waals surface area contributed by atoms with Gasteiger partial charge < -0.3 is 10.7 Å². The van der Waals surface area contributed by atoms with Crippen molar-refractivity contribution in [3.05, 3.63) is 36.0 Å². The number of hydrogen-bond acceptors (Lipinski definition) is 1. The average Bonchev–Trinajstić information content (AvgIpc) is 2.76. The molecule has 0 aliphatic carbocycles. The van der Waals surface area contributed by atoms with Crippen LogP contribution >= 0.6 is 0 Å². The van der Waals surface area contributed by atoms with Gasteiger partial charge >= 0.3 is 0 Å². The molecule has 0 aliphatic rings. The van der Waals surface area contributed by atoms with Crippen molar-refractivity contribution in [2.45, 2.75) is 45.1 Å².